The maximum absolute atomic E-state index is 11.7. The van der Waals surface area contributed by atoms with E-state index in [0.29, 0.717) is 34.3 Å². The Morgan fingerprint density at radius 2 is 1.86 bits per heavy atom. The zero-order valence-corrected chi connectivity index (χ0v) is 15.6. The highest BCUT2D eigenvalue weighted by molar-refractivity contribution is 5.90. The number of carbonyl (C=O) groups excluding carboxylic acids is 1. The number of aromatic nitrogens is 3. The van der Waals surface area contributed by atoms with E-state index in [1.54, 1.807) is 56.7 Å². The Morgan fingerprint density at radius 3 is 2.61 bits per heavy atom. The average molecular weight is 381 g/mol. The van der Waals surface area contributed by atoms with E-state index in [0.717, 1.165) is 0 Å². The Kier molecular flexibility index (Phi) is 5.85. The van der Waals surface area contributed by atoms with Gasteiger partial charge < -0.3 is 24.8 Å². The first-order valence-electron chi connectivity index (χ1n) is 8.27. The Balaban J connectivity index is 1.81. The summed E-state index contributed by atoms with van der Waals surface area (Å²) < 4.78 is 15.3. The first kappa shape index (κ1) is 18.9. The Labute approximate surface area is 161 Å². The zero-order chi connectivity index (χ0) is 19.9. The highest BCUT2D eigenvalue weighted by Crippen LogP contribution is 2.30. The fraction of sp³-hybridized carbons (Fsp3) is 0.158. The number of nitrogens with one attached hydrogen (secondary N) is 2. The first-order chi connectivity index (χ1) is 13.6. The molecule has 0 fully saturated rings. The van der Waals surface area contributed by atoms with E-state index in [9.17, 15) is 4.79 Å². The molecule has 0 aliphatic heterocycles. The normalized spacial score (nSPS) is 10.1. The third kappa shape index (κ3) is 4.44. The quantitative estimate of drug-likeness (QED) is 0.597. The van der Waals surface area contributed by atoms with E-state index in [1.165, 1.54) is 13.3 Å². The second-order valence-electron chi connectivity index (χ2n) is 5.55. The van der Waals surface area contributed by atoms with Gasteiger partial charge in [-0.1, -0.05) is 6.07 Å². The van der Waals surface area contributed by atoms with Crippen molar-refractivity contribution in [3.05, 3.63) is 54.2 Å². The summed E-state index contributed by atoms with van der Waals surface area (Å²) in [6, 6.07) is 12.2. The standard InChI is InChI=1S/C19H19N5O4/c1-26-14-7-8-16(27-2)15(10-14)22-19-23-17(11-20-24-19)21-13-6-4-5-12(9-13)18(25)28-3/h4-11H,1-3H3,(H2,21,22,23,24). The smallest absolute Gasteiger partial charge is 0.337 e. The lowest BCUT2D eigenvalue weighted by atomic mass is 10.2. The third-order valence-corrected chi connectivity index (χ3v) is 3.77. The summed E-state index contributed by atoms with van der Waals surface area (Å²) in [4.78, 5) is 16.0. The summed E-state index contributed by atoms with van der Waals surface area (Å²) in [5.74, 6) is 1.55. The molecule has 144 valence electrons. The maximum atomic E-state index is 11.7. The lowest BCUT2D eigenvalue weighted by Crippen LogP contribution is -2.05. The molecule has 0 bridgehead atoms. The molecule has 0 saturated carbocycles. The van der Waals surface area contributed by atoms with Crippen LogP contribution in [0.4, 0.5) is 23.1 Å². The molecule has 3 aromatic rings. The molecule has 0 unspecified atom stereocenters. The van der Waals surface area contributed by atoms with E-state index in [2.05, 4.69) is 25.8 Å². The first-order valence-corrected chi connectivity index (χ1v) is 8.27. The van der Waals surface area contributed by atoms with Gasteiger partial charge in [-0.05, 0) is 30.3 Å². The van der Waals surface area contributed by atoms with Gasteiger partial charge in [-0.3, -0.25) is 0 Å². The van der Waals surface area contributed by atoms with Gasteiger partial charge in [0, 0.05) is 11.8 Å². The van der Waals surface area contributed by atoms with Gasteiger partial charge in [0.2, 0.25) is 5.95 Å². The fourth-order valence-corrected chi connectivity index (χ4v) is 2.44. The summed E-state index contributed by atoms with van der Waals surface area (Å²) in [7, 11) is 4.48. The summed E-state index contributed by atoms with van der Waals surface area (Å²) >= 11 is 0. The molecule has 2 N–H and O–H groups in total. The number of methoxy groups -OCH3 is 3. The van der Waals surface area contributed by atoms with Gasteiger partial charge in [-0.15, -0.1) is 5.10 Å². The van der Waals surface area contributed by atoms with E-state index in [-0.39, 0.29) is 5.95 Å². The number of anilines is 4. The molecule has 2 aromatic carbocycles. The number of nitrogens with zero attached hydrogens (tertiary/aromatic N) is 3. The summed E-state index contributed by atoms with van der Waals surface area (Å²) in [5.41, 5.74) is 1.72. The molecule has 0 amide bonds. The van der Waals surface area contributed by atoms with E-state index >= 15 is 0 Å². The Hall–Kier alpha value is -3.88. The molecular formula is C19H19N5O4. The van der Waals surface area contributed by atoms with E-state index in [1.807, 2.05) is 0 Å². The molecule has 0 radical (unpaired) electrons. The number of ether oxygens (including phenoxy) is 3. The number of esters is 1. The Morgan fingerprint density at radius 1 is 1.00 bits per heavy atom. The van der Waals surface area contributed by atoms with Crippen LogP contribution in [0, 0.1) is 0 Å². The van der Waals surface area contributed by atoms with Crippen molar-refractivity contribution in [2.75, 3.05) is 32.0 Å². The van der Waals surface area contributed by atoms with Crippen molar-refractivity contribution in [1.29, 1.82) is 0 Å². The zero-order valence-electron chi connectivity index (χ0n) is 15.6. The number of hydrogen-bond acceptors (Lipinski definition) is 9. The van der Waals surface area contributed by atoms with E-state index in [4.69, 9.17) is 14.2 Å². The van der Waals surface area contributed by atoms with E-state index < -0.39 is 5.97 Å². The molecule has 1 aromatic heterocycles. The lowest BCUT2D eigenvalue weighted by Gasteiger charge is -2.12. The predicted octanol–water partition coefficient (Wildman–Crippen LogP) is 3.16. The Bertz CT molecular complexity index is 980. The van der Waals surface area contributed by atoms with Crippen molar-refractivity contribution < 1.29 is 19.0 Å². The highest BCUT2D eigenvalue weighted by Gasteiger charge is 2.09. The summed E-state index contributed by atoms with van der Waals surface area (Å²) in [6.07, 6.45) is 1.47. The minimum atomic E-state index is -0.420. The van der Waals surface area contributed by atoms with Crippen molar-refractivity contribution >= 4 is 29.1 Å². The van der Waals surface area contributed by atoms with Crippen molar-refractivity contribution in [2.24, 2.45) is 0 Å². The summed E-state index contributed by atoms with van der Waals surface area (Å²) in [5, 5.41) is 14.1. The van der Waals surface area contributed by atoms with Crippen LogP contribution in [-0.2, 0) is 4.74 Å². The summed E-state index contributed by atoms with van der Waals surface area (Å²) in [6.45, 7) is 0. The topological polar surface area (TPSA) is 107 Å². The van der Waals surface area contributed by atoms with Crippen LogP contribution < -0.4 is 20.1 Å². The molecule has 0 spiro atoms. The number of carbonyl (C=O) groups is 1. The van der Waals surface area contributed by atoms with Crippen LogP contribution in [0.25, 0.3) is 0 Å². The van der Waals surface area contributed by atoms with Crippen molar-refractivity contribution in [2.45, 2.75) is 0 Å². The number of rotatable bonds is 7. The van der Waals surface area contributed by atoms with Gasteiger partial charge in [0.15, 0.2) is 5.82 Å². The molecule has 3 rings (SSSR count). The molecule has 0 aliphatic carbocycles. The predicted molar refractivity (Wildman–Crippen MR) is 104 cm³/mol. The van der Waals surface area contributed by atoms with Gasteiger partial charge in [-0.2, -0.15) is 10.1 Å². The van der Waals surface area contributed by atoms with Crippen molar-refractivity contribution in [1.82, 2.24) is 15.2 Å². The highest BCUT2D eigenvalue weighted by atomic mass is 16.5. The molecule has 1 heterocycles. The van der Waals surface area contributed by atoms with Gasteiger partial charge >= 0.3 is 5.97 Å². The molecule has 0 aliphatic rings. The third-order valence-electron chi connectivity index (χ3n) is 3.77. The van der Waals surface area contributed by atoms with Crippen molar-refractivity contribution in [3.63, 3.8) is 0 Å². The van der Waals surface area contributed by atoms with Crippen LogP contribution in [0.1, 0.15) is 10.4 Å². The SMILES string of the molecule is COC(=O)c1cccc(Nc2cnnc(Nc3cc(OC)ccc3OC)n2)c1. The average Bonchev–Trinajstić information content (AvgIpc) is 2.73. The molecular weight excluding hydrogens is 362 g/mol. The maximum Gasteiger partial charge on any atom is 0.337 e. The molecule has 9 nitrogen and oxygen atoms in total. The van der Waals surface area contributed by atoms with Crippen LogP contribution >= 0.6 is 0 Å². The molecule has 9 heteroatoms. The van der Waals surface area contributed by atoms with Crippen LogP contribution in [0.5, 0.6) is 11.5 Å². The molecule has 0 saturated heterocycles. The second kappa shape index (κ2) is 8.67. The minimum absolute atomic E-state index is 0.265. The minimum Gasteiger partial charge on any atom is -0.497 e. The van der Waals surface area contributed by atoms with Crippen LogP contribution in [0.15, 0.2) is 48.7 Å². The van der Waals surface area contributed by atoms with Gasteiger partial charge in [-0.25, -0.2) is 4.79 Å². The lowest BCUT2D eigenvalue weighted by molar-refractivity contribution is 0.0601. The van der Waals surface area contributed by atoms with Gasteiger partial charge in [0.1, 0.15) is 11.5 Å². The van der Waals surface area contributed by atoms with Crippen LogP contribution in [0.3, 0.4) is 0 Å². The number of hydrogen-bond donors (Lipinski definition) is 2. The van der Waals surface area contributed by atoms with Gasteiger partial charge in [0.25, 0.3) is 0 Å². The second-order valence-corrected chi connectivity index (χ2v) is 5.55. The largest absolute Gasteiger partial charge is 0.497 e. The fourth-order valence-electron chi connectivity index (χ4n) is 2.44. The van der Waals surface area contributed by atoms with Crippen LogP contribution in [0.2, 0.25) is 0 Å². The van der Waals surface area contributed by atoms with Crippen molar-refractivity contribution in [3.8, 4) is 11.5 Å². The number of benzene rings is 2. The molecule has 0 atom stereocenters. The van der Waals surface area contributed by atoms with Gasteiger partial charge in [0.05, 0.1) is 38.8 Å². The molecule has 28 heavy (non-hydrogen) atoms. The van der Waals surface area contributed by atoms with Crippen LogP contribution in [-0.4, -0.2) is 42.5 Å². The monoisotopic (exact) mass is 381 g/mol.